The van der Waals surface area contributed by atoms with Crippen molar-refractivity contribution in [2.45, 2.75) is 16.5 Å². The summed E-state index contributed by atoms with van der Waals surface area (Å²) in [6.45, 7) is 0. The molecule has 8 nitrogen and oxygen atoms in total. The van der Waals surface area contributed by atoms with Gasteiger partial charge in [-0.2, -0.15) is 0 Å². The Bertz CT molecular complexity index is 867. The Morgan fingerprint density at radius 3 is 2.72 bits per heavy atom. The fourth-order valence-electron chi connectivity index (χ4n) is 1.82. The molecule has 0 aliphatic heterocycles. The van der Waals surface area contributed by atoms with Gasteiger partial charge in [0.25, 0.3) is 0 Å². The summed E-state index contributed by atoms with van der Waals surface area (Å²) in [5.74, 6) is 0.238. The van der Waals surface area contributed by atoms with E-state index in [4.69, 9.17) is 11.6 Å². The molecule has 0 atom stereocenters. The molecule has 0 bridgehead atoms. The zero-order valence-corrected chi connectivity index (χ0v) is 16.3. The van der Waals surface area contributed by atoms with E-state index in [1.807, 2.05) is 7.05 Å². The first-order chi connectivity index (χ1) is 11.7. The number of halogens is 1. The second kappa shape index (κ2) is 8.17. The number of amides is 1. The lowest BCUT2D eigenvalue weighted by molar-refractivity contribution is -0.115. The minimum absolute atomic E-state index is 0.0608. The number of nitrogens with zero attached hydrogens (tertiary/aromatic N) is 4. The number of aromatic nitrogens is 3. The van der Waals surface area contributed by atoms with Crippen molar-refractivity contribution in [1.29, 1.82) is 0 Å². The van der Waals surface area contributed by atoms with E-state index in [0.717, 1.165) is 4.31 Å². The van der Waals surface area contributed by atoms with Crippen LogP contribution in [0, 0.1) is 0 Å². The monoisotopic (exact) mass is 403 g/mol. The molecule has 2 aromatic rings. The SMILES string of the molecule is CN(C)S(=O)(=O)c1ccc(Cl)c(NC(=O)CCSc2nncn2C)c1. The number of nitrogens with one attached hydrogen (secondary N) is 1. The average Bonchev–Trinajstić information content (AvgIpc) is 2.94. The first-order valence-corrected chi connectivity index (χ1v) is 10.0. The maximum Gasteiger partial charge on any atom is 0.242 e. The number of sulfonamides is 1. The summed E-state index contributed by atoms with van der Waals surface area (Å²) in [4.78, 5) is 12.1. The predicted octanol–water partition coefficient (Wildman–Crippen LogP) is 1.84. The van der Waals surface area contributed by atoms with Crippen LogP contribution >= 0.6 is 23.4 Å². The van der Waals surface area contributed by atoms with Gasteiger partial charge < -0.3 is 9.88 Å². The minimum Gasteiger partial charge on any atom is -0.325 e. The third-order valence-corrected chi connectivity index (χ3v) is 6.40. The van der Waals surface area contributed by atoms with E-state index in [9.17, 15) is 13.2 Å². The molecule has 0 saturated heterocycles. The Balaban J connectivity index is 2.01. The summed E-state index contributed by atoms with van der Waals surface area (Å²) in [6, 6.07) is 4.20. The molecule has 1 aromatic carbocycles. The first-order valence-electron chi connectivity index (χ1n) is 7.20. The van der Waals surface area contributed by atoms with Crippen LogP contribution in [0.4, 0.5) is 5.69 Å². The lowest BCUT2D eigenvalue weighted by Gasteiger charge is -2.13. The van der Waals surface area contributed by atoms with Gasteiger partial charge in [0.05, 0.1) is 15.6 Å². The zero-order chi connectivity index (χ0) is 18.6. The summed E-state index contributed by atoms with van der Waals surface area (Å²) in [5, 5.41) is 11.3. The molecule has 136 valence electrons. The van der Waals surface area contributed by atoms with Gasteiger partial charge in [0.1, 0.15) is 6.33 Å². The first kappa shape index (κ1) is 19.7. The van der Waals surface area contributed by atoms with E-state index in [-0.39, 0.29) is 27.9 Å². The smallest absolute Gasteiger partial charge is 0.242 e. The lowest BCUT2D eigenvalue weighted by atomic mass is 10.3. The molecule has 25 heavy (non-hydrogen) atoms. The van der Waals surface area contributed by atoms with E-state index >= 15 is 0 Å². The predicted molar refractivity (Wildman–Crippen MR) is 97.3 cm³/mol. The van der Waals surface area contributed by atoms with Crippen LogP contribution in [0.2, 0.25) is 5.02 Å². The highest BCUT2D eigenvalue weighted by Gasteiger charge is 2.19. The normalized spacial score (nSPS) is 11.7. The molecule has 11 heteroatoms. The van der Waals surface area contributed by atoms with Crippen molar-refractivity contribution in [3.8, 4) is 0 Å². The van der Waals surface area contributed by atoms with Crippen LogP contribution in [0.1, 0.15) is 6.42 Å². The van der Waals surface area contributed by atoms with Gasteiger partial charge in [0, 0.05) is 33.3 Å². The summed E-state index contributed by atoms with van der Waals surface area (Å²) < 4.78 is 27.2. The van der Waals surface area contributed by atoms with Crippen molar-refractivity contribution in [2.24, 2.45) is 7.05 Å². The van der Waals surface area contributed by atoms with Crippen molar-refractivity contribution in [1.82, 2.24) is 19.1 Å². The number of carbonyl (C=O) groups excluding carboxylic acids is 1. The largest absolute Gasteiger partial charge is 0.325 e. The van der Waals surface area contributed by atoms with Gasteiger partial charge in [-0.3, -0.25) is 4.79 Å². The van der Waals surface area contributed by atoms with Crippen LogP contribution in [0.25, 0.3) is 0 Å². The van der Waals surface area contributed by atoms with Crippen molar-refractivity contribution >= 4 is 45.0 Å². The highest BCUT2D eigenvalue weighted by molar-refractivity contribution is 7.99. The Labute approximate surface area is 155 Å². The van der Waals surface area contributed by atoms with Crippen LogP contribution in [-0.2, 0) is 21.9 Å². The highest BCUT2D eigenvalue weighted by Crippen LogP contribution is 2.26. The van der Waals surface area contributed by atoms with E-state index in [2.05, 4.69) is 15.5 Å². The molecule has 0 spiro atoms. The fourth-order valence-corrected chi connectivity index (χ4v) is 3.74. The number of anilines is 1. The van der Waals surface area contributed by atoms with Crippen LogP contribution in [0.3, 0.4) is 0 Å². The summed E-state index contributed by atoms with van der Waals surface area (Å²) in [5.41, 5.74) is 0.262. The van der Waals surface area contributed by atoms with Crippen LogP contribution < -0.4 is 5.32 Å². The Hall–Kier alpha value is -1.62. The summed E-state index contributed by atoms with van der Waals surface area (Å²) in [7, 11) is 1.09. The van der Waals surface area contributed by atoms with Gasteiger partial charge in [0.2, 0.25) is 15.9 Å². The number of rotatable bonds is 7. The van der Waals surface area contributed by atoms with Gasteiger partial charge >= 0.3 is 0 Å². The van der Waals surface area contributed by atoms with Gasteiger partial charge in [-0.15, -0.1) is 10.2 Å². The Kier molecular flexibility index (Phi) is 6.44. The maximum absolute atomic E-state index is 12.2. The number of benzene rings is 1. The molecule has 0 fully saturated rings. The number of aryl methyl sites for hydroxylation is 1. The molecular formula is C14H18ClN5O3S2. The zero-order valence-electron chi connectivity index (χ0n) is 13.9. The molecule has 0 radical (unpaired) electrons. The Morgan fingerprint density at radius 1 is 1.40 bits per heavy atom. The Morgan fingerprint density at radius 2 is 2.12 bits per heavy atom. The minimum atomic E-state index is -3.60. The molecular weight excluding hydrogens is 386 g/mol. The molecule has 0 saturated carbocycles. The molecule has 1 amide bonds. The van der Waals surface area contributed by atoms with E-state index in [0.29, 0.717) is 10.9 Å². The van der Waals surface area contributed by atoms with Gasteiger partial charge in [0.15, 0.2) is 5.16 Å². The quantitative estimate of drug-likeness (QED) is 0.708. The van der Waals surface area contributed by atoms with Crippen molar-refractivity contribution in [2.75, 3.05) is 25.2 Å². The van der Waals surface area contributed by atoms with Crippen molar-refractivity contribution in [3.63, 3.8) is 0 Å². The molecule has 1 aromatic heterocycles. The van der Waals surface area contributed by atoms with Crippen LogP contribution in [0.15, 0.2) is 34.6 Å². The van der Waals surface area contributed by atoms with E-state index < -0.39 is 10.0 Å². The van der Waals surface area contributed by atoms with E-state index in [1.54, 1.807) is 10.9 Å². The van der Waals surface area contributed by atoms with Gasteiger partial charge in [-0.25, -0.2) is 12.7 Å². The molecule has 2 rings (SSSR count). The summed E-state index contributed by atoms with van der Waals surface area (Å²) >= 11 is 7.46. The fraction of sp³-hybridized carbons (Fsp3) is 0.357. The van der Waals surface area contributed by atoms with Crippen LogP contribution in [0.5, 0.6) is 0 Å². The topological polar surface area (TPSA) is 97.2 Å². The molecule has 1 heterocycles. The molecule has 1 N–H and O–H groups in total. The number of hydrogen-bond donors (Lipinski definition) is 1. The summed E-state index contributed by atoms with van der Waals surface area (Å²) in [6.07, 6.45) is 1.80. The molecule has 0 unspecified atom stereocenters. The van der Waals surface area contributed by atoms with Crippen molar-refractivity contribution < 1.29 is 13.2 Å². The van der Waals surface area contributed by atoms with Crippen LogP contribution in [-0.4, -0.2) is 53.2 Å². The van der Waals surface area contributed by atoms with Gasteiger partial charge in [-0.05, 0) is 18.2 Å². The van der Waals surface area contributed by atoms with E-state index in [1.165, 1.54) is 44.1 Å². The van der Waals surface area contributed by atoms with Crippen molar-refractivity contribution in [3.05, 3.63) is 29.5 Å². The third-order valence-electron chi connectivity index (χ3n) is 3.22. The maximum atomic E-state index is 12.2. The van der Waals surface area contributed by atoms with Gasteiger partial charge in [-0.1, -0.05) is 23.4 Å². The number of thioether (sulfide) groups is 1. The average molecular weight is 404 g/mol. The number of carbonyl (C=O) groups is 1. The third kappa shape index (κ3) is 4.94. The molecule has 0 aliphatic rings. The second-order valence-electron chi connectivity index (χ2n) is 5.30. The standard InChI is InChI=1S/C14H18ClN5O3S2/c1-19(2)25(22,23)10-4-5-11(15)12(8-10)17-13(21)6-7-24-14-18-16-9-20(14)3/h4-5,8-9H,6-7H2,1-3H3,(H,17,21). The highest BCUT2D eigenvalue weighted by atomic mass is 35.5. The second-order valence-corrected chi connectivity index (χ2v) is 8.92. The lowest BCUT2D eigenvalue weighted by Crippen LogP contribution is -2.22. The molecule has 0 aliphatic carbocycles. The number of hydrogen-bond acceptors (Lipinski definition) is 6.